The molecule has 2 heterocycles. The van der Waals surface area contributed by atoms with Gasteiger partial charge in [-0.15, -0.1) is 0 Å². The maximum Gasteiger partial charge on any atom is 0.356 e. The van der Waals surface area contributed by atoms with Crippen molar-refractivity contribution in [2.45, 2.75) is 6.92 Å². The van der Waals surface area contributed by atoms with E-state index in [0.717, 1.165) is 24.6 Å². The number of halogens is 1. The van der Waals surface area contributed by atoms with Gasteiger partial charge < -0.3 is 15.0 Å². The van der Waals surface area contributed by atoms with Crippen molar-refractivity contribution >= 4 is 40.2 Å². The number of amides is 1. The first-order valence-electron chi connectivity index (χ1n) is 8.16. The SMILES string of the molecule is CCOC(=O)c1[nH]c2ccc(F)cc2c1NC(=O)CN1CCSCC1. The molecule has 0 aliphatic carbocycles. The number of aromatic nitrogens is 1. The first kappa shape index (κ1) is 17.8. The largest absolute Gasteiger partial charge is 0.461 e. The summed E-state index contributed by atoms with van der Waals surface area (Å²) in [6, 6.07) is 4.12. The van der Waals surface area contributed by atoms with Gasteiger partial charge in [-0.05, 0) is 25.1 Å². The molecule has 1 saturated heterocycles. The van der Waals surface area contributed by atoms with E-state index in [1.54, 1.807) is 6.92 Å². The Morgan fingerprint density at radius 2 is 2.12 bits per heavy atom. The average Bonchev–Trinajstić information content (AvgIpc) is 2.94. The Morgan fingerprint density at radius 3 is 2.84 bits per heavy atom. The van der Waals surface area contributed by atoms with Gasteiger partial charge in [-0.3, -0.25) is 9.69 Å². The van der Waals surface area contributed by atoms with Crippen LogP contribution in [0.1, 0.15) is 17.4 Å². The molecule has 1 aromatic heterocycles. The molecular formula is C17H20FN3O3S. The van der Waals surface area contributed by atoms with Crippen molar-refractivity contribution in [3.05, 3.63) is 29.7 Å². The predicted octanol–water partition coefficient (Wildman–Crippen LogP) is 2.47. The molecule has 25 heavy (non-hydrogen) atoms. The van der Waals surface area contributed by atoms with Gasteiger partial charge in [0.25, 0.3) is 0 Å². The Bertz CT molecular complexity index is 787. The number of fused-ring (bicyclic) bond motifs is 1. The van der Waals surface area contributed by atoms with Crippen LogP contribution in [0.15, 0.2) is 18.2 Å². The maximum absolute atomic E-state index is 13.6. The molecule has 2 aromatic rings. The number of H-pyrrole nitrogens is 1. The van der Waals surface area contributed by atoms with Gasteiger partial charge in [-0.25, -0.2) is 9.18 Å². The van der Waals surface area contributed by atoms with Gasteiger partial charge in [0.05, 0.1) is 18.8 Å². The van der Waals surface area contributed by atoms with Crippen LogP contribution in [-0.4, -0.2) is 59.5 Å². The van der Waals surface area contributed by atoms with Crippen LogP contribution in [0.2, 0.25) is 0 Å². The summed E-state index contributed by atoms with van der Waals surface area (Å²) in [5.41, 5.74) is 0.962. The fourth-order valence-corrected chi connectivity index (χ4v) is 3.77. The van der Waals surface area contributed by atoms with Crippen LogP contribution >= 0.6 is 11.8 Å². The summed E-state index contributed by atoms with van der Waals surface area (Å²) in [4.78, 5) is 29.6. The van der Waals surface area contributed by atoms with Crippen molar-refractivity contribution in [3.63, 3.8) is 0 Å². The molecule has 8 heteroatoms. The molecule has 0 spiro atoms. The van der Waals surface area contributed by atoms with E-state index in [2.05, 4.69) is 15.2 Å². The number of thioether (sulfide) groups is 1. The Balaban J connectivity index is 1.86. The lowest BCUT2D eigenvalue weighted by Gasteiger charge is -2.25. The van der Waals surface area contributed by atoms with E-state index in [1.165, 1.54) is 18.2 Å². The number of hydrogen-bond acceptors (Lipinski definition) is 5. The van der Waals surface area contributed by atoms with Crippen LogP contribution < -0.4 is 5.32 Å². The number of nitrogens with one attached hydrogen (secondary N) is 2. The molecular weight excluding hydrogens is 345 g/mol. The van der Waals surface area contributed by atoms with Crippen LogP contribution in [0.5, 0.6) is 0 Å². The third-order valence-electron chi connectivity index (χ3n) is 3.98. The zero-order chi connectivity index (χ0) is 17.8. The molecule has 1 aliphatic heterocycles. The van der Waals surface area contributed by atoms with E-state index in [4.69, 9.17) is 4.74 Å². The van der Waals surface area contributed by atoms with Gasteiger partial charge in [0, 0.05) is 35.5 Å². The highest BCUT2D eigenvalue weighted by atomic mass is 32.2. The lowest BCUT2D eigenvalue weighted by Crippen LogP contribution is -2.38. The number of carbonyl (C=O) groups is 2. The molecule has 0 bridgehead atoms. The summed E-state index contributed by atoms with van der Waals surface area (Å²) in [5, 5.41) is 3.21. The Labute approximate surface area is 149 Å². The normalized spacial score (nSPS) is 15.3. The minimum absolute atomic E-state index is 0.130. The molecule has 0 unspecified atom stereocenters. The van der Waals surface area contributed by atoms with Crippen molar-refractivity contribution in [3.8, 4) is 0 Å². The quantitative estimate of drug-likeness (QED) is 0.797. The number of aromatic amines is 1. The minimum Gasteiger partial charge on any atom is -0.461 e. The number of carbonyl (C=O) groups excluding carboxylic acids is 2. The molecule has 1 fully saturated rings. The van der Waals surface area contributed by atoms with Crippen LogP contribution in [0.3, 0.4) is 0 Å². The third kappa shape index (κ3) is 4.13. The first-order chi connectivity index (χ1) is 12.1. The summed E-state index contributed by atoms with van der Waals surface area (Å²) < 4.78 is 18.7. The molecule has 6 nitrogen and oxygen atoms in total. The third-order valence-corrected chi connectivity index (χ3v) is 4.92. The number of ether oxygens (including phenoxy) is 1. The monoisotopic (exact) mass is 365 g/mol. The van der Waals surface area contributed by atoms with Crippen molar-refractivity contribution in [2.75, 3.05) is 43.1 Å². The van der Waals surface area contributed by atoms with Gasteiger partial charge in [-0.2, -0.15) is 11.8 Å². The van der Waals surface area contributed by atoms with E-state index < -0.39 is 11.8 Å². The molecule has 1 amide bonds. The molecule has 3 rings (SSSR count). The van der Waals surface area contributed by atoms with Crippen LogP contribution in [0, 0.1) is 5.82 Å². The van der Waals surface area contributed by atoms with Gasteiger partial charge in [0.2, 0.25) is 5.91 Å². The van der Waals surface area contributed by atoms with E-state index in [0.29, 0.717) is 10.9 Å². The smallest absolute Gasteiger partial charge is 0.356 e. The average molecular weight is 365 g/mol. The molecule has 1 aliphatic rings. The predicted molar refractivity (Wildman–Crippen MR) is 96.6 cm³/mol. The highest BCUT2D eigenvalue weighted by Gasteiger charge is 2.22. The zero-order valence-electron chi connectivity index (χ0n) is 13.9. The highest BCUT2D eigenvalue weighted by Crippen LogP contribution is 2.29. The summed E-state index contributed by atoms with van der Waals surface area (Å²) in [6.45, 7) is 3.86. The van der Waals surface area contributed by atoms with E-state index in [1.807, 2.05) is 11.8 Å². The van der Waals surface area contributed by atoms with Crippen LogP contribution in [0.25, 0.3) is 10.9 Å². The summed E-state index contributed by atoms with van der Waals surface area (Å²) in [5.74, 6) is 0.746. The number of benzene rings is 1. The maximum atomic E-state index is 13.6. The number of rotatable bonds is 5. The number of esters is 1. The second-order valence-electron chi connectivity index (χ2n) is 5.72. The molecule has 2 N–H and O–H groups in total. The number of nitrogens with zero attached hydrogens (tertiary/aromatic N) is 1. The molecule has 1 aromatic carbocycles. The van der Waals surface area contributed by atoms with Gasteiger partial charge in [-0.1, -0.05) is 0 Å². The second-order valence-corrected chi connectivity index (χ2v) is 6.95. The second kappa shape index (κ2) is 7.88. The molecule has 134 valence electrons. The highest BCUT2D eigenvalue weighted by molar-refractivity contribution is 7.99. The van der Waals surface area contributed by atoms with Gasteiger partial charge >= 0.3 is 5.97 Å². The Morgan fingerprint density at radius 1 is 1.36 bits per heavy atom. The Hall–Kier alpha value is -2.06. The fourth-order valence-electron chi connectivity index (χ4n) is 2.79. The van der Waals surface area contributed by atoms with Gasteiger partial charge in [0.1, 0.15) is 11.5 Å². The summed E-state index contributed by atoms with van der Waals surface area (Å²) >= 11 is 1.87. The van der Waals surface area contributed by atoms with Gasteiger partial charge in [0.15, 0.2) is 0 Å². The van der Waals surface area contributed by atoms with E-state index in [9.17, 15) is 14.0 Å². The minimum atomic E-state index is -0.580. The lowest BCUT2D eigenvalue weighted by molar-refractivity contribution is -0.117. The zero-order valence-corrected chi connectivity index (χ0v) is 14.7. The lowest BCUT2D eigenvalue weighted by atomic mass is 10.2. The molecule has 0 atom stereocenters. The summed E-state index contributed by atoms with van der Waals surface area (Å²) in [7, 11) is 0. The van der Waals surface area contributed by atoms with Crippen molar-refractivity contribution in [1.29, 1.82) is 0 Å². The first-order valence-corrected chi connectivity index (χ1v) is 9.32. The van der Waals surface area contributed by atoms with E-state index >= 15 is 0 Å². The van der Waals surface area contributed by atoms with Crippen molar-refractivity contribution < 1.29 is 18.7 Å². The van der Waals surface area contributed by atoms with Crippen LogP contribution in [-0.2, 0) is 9.53 Å². The van der Waals surface area contributed by atoms with Crippen molar-refractivity contribution in [2.24, 2.45) is 0 Å². The summed E-state index contributed by atoms with van der Waals surface area (Å²) in [6.07, 6.45) is 0. The van der Waals surface area contributed by atoms with Crippen molar-refractivity contribution in [1.82, 2.24) is 9.88 Å². The topological polar surface area (TPSA) is 74.4 Å². The van der Waals surface area contributed by atoms with E-state index in [-0.39, 0.29) is 30.4 Å². The fraction of sp³-hybridized carbons (Fsp3) is 0.412. The Kier molecular flexibility index (Phi) is 5.60. The molecule has 0 radical (unpaired) electrons. The number of hydrogen-bond donors (Lipinski definition) is 2. The molecule has 0 saturated carbocycles. The van der Waals surface area contributed by atoms with Crippen LogP contribution in [0.4, 0.5) is 10.1 Å². The number of anilines is 1. The standard InChI is InChI=1S/C17H20FN3O3S/c1-2-24-17(23)16-15(12-9-11(18)3-4-13(12)19-16)20-14(22)10-21-5-7-25-8-6-21/h3-4,9,19H,2,5-8,10H2,1H3,(H,20,22).